The molecule has 2 rings (SSSR count). The Labute approximate surface area is 172 Å². The molecule has 0 fully saturated rings. The fourth-order valence-corrected chi connectivity index (χ4v) is 2.43. The van der Waals surface area contributed by atoms with E-state index in [9.17, 15) is 19.7 Å². The van der Waals surface area contributed by atoms with Gasteiger partial charge in [0.1, 0.15) is 12.4 Å². The largest absolute Gasteiger partial charge is 0.491 e. The van der Waals surface area contributed by atoms with Gasteiger partial charge in [0.15, 0.2) is 5.75 Å². The van der Waals surface area contributed by atoms with Gasteiger partial charge in [0, 0.05) is 23.3 Å². The highest BCUT2D eigenvalue weighted by molar-refractivity contribution is 6.06. The number of carbonyl (C=O) groups is 2. The number of hydrogen-bond donors (Lipinski definition) is 3. The number of primary amides is 1. The molecular formula is C20H23N3O7. The zero-order valence-corrected chi connectivity index (χ0v) is 16.6. The summed E-state index contributed by atoms with van der Waals surface area (Å²) in [5.74, 6) is -0.871. The number of benzene rings is 2. The smallest absolute Gasteiger partial charge is 0.310 e. The summed E-state index contributed by atoms with van der Waals surface area (Å²) in [6.07, 6.45) is 0. The lowest BCUT2D eigenvalue weighted by atomic mass is 10.1. The molecule has 2 aromatic rings. The topological polar surface area (TPSA) is 154 Å². The van der Waals surface area contributed by atoms with Gasteiger partial charge in [-0.2, -0.15) is 0 Å². The fourth-order valence-electron chi connectivity index (χ4n) is 2.43. The van der Waals surface area contributed by atoms with E-state index in [0.29, 0.717) is 12.3 Å². The number of ether oxygens (including phenoxy) is 2. The highest BCUT2D eigenvalue weighted by Gasteiger charge is 2.19. The minimum atomic E-state index is -0.644. The van der Waals surface area contributed by atoms with Crippen LogP contribution >= 0.6 is 0 Å². The van der Waals surface area contributed by atoms with Crippen LogP contribution in [0.5, 0.6) is 11.5 Å². The summed E-state index contributed by atoms with van der Waals surface area (Å²) < 4.78 is 10.9. The van der Waals surface area contributed by atoms with Crippen molar-refractivity contribution >= 4 is 23.2 Å². The molecule has 10 nitrogen and oxygen atoms in total. The van der Waals surface area contributed by atoms with Crippen LogP contribution in [-0.4, -0.2) is 41.7 Å². The number of hydrogen-bond acceptors (Lipinski definition) is 7. The van der Waals surface area contributed by atoms with Gasteiger partial charge < -0.3 is 25.6 Å². The van der Waals surface area contributed by atoms with E-state index in [2.05, 4.69) is 5.32 Å². The fraction of sp³-hybridized carbons (Fsp3) is 0.300. The Morgan fingerprint density at radius 2 is 1.80 bits per heavy atom. The molecular weight excluding hydrogens is 394 g/mol. The normalized spacial score (nSPS) is 10.5. The Balaban J connectivity index is 2.32. The third-order valence-electron chi connectivity index (χ3n) is 3.85. The van der Waals surface area contributed by atoms with Crippen molar-refractivity contribution in [3.63, 3.8) is 0 Å². The van der Waals surface area contributed by atoms with Crippen molar-refractivity contribution in [1.82, 2.24) is 0 Å². The second kappa shape index (κ2) is 10.2. The van der Waals surface area contributed by atoms with Crippen molar-refractivity contribution in [1.29, 1.82) is 0 Å². The summed E-state index contributed by atoms with van der Waals surface area (Å²) in [5, 5.41) is 22.7. The number of aliphatic hydroxyl groups is 1. The van der Waals surface area contributed by atoms with Crippen molar-refractivity contribution < 1.29 is 29.1 Å². The molecule has 0 radical (unpaired) electrons. The Morgan fingerprint density at radius 3 is 2.40 bits per heavy atom. The molecule has 0 saturated heterocycles. The lowest BCUT2D eigenvalue weighted by molar-refractivity contribution is -0.385. The molecule has 2 aromatic carbocycles. The average molecular weight is 417 g/mol. The minimum absolute atomic E-state index is 0.0994. The van der Waals surface area contributed by atoms with Crippen LogP contribution in [0.15, 0.2) is 36.4 Å². The maximum absolute atomic E-state index is 12.7. The van der Waals surface area contributed by atoms with Crippen LogP contribution in [0.4, 0.5) is 11.4 Å². The van der Waals surface area contributed by atoms with E-state index >= 15 is 0 Å². The van der Waals surface area contributed by atoms with Crippen molar-refractivity contribution in [2.24, 2.45) is 11.7 Å². The first-order valence-corrected chi connectivity index (χ1v) is 9.13. The summed E-state index contributed by atoms with van der Waals surface area (Å²) in [5.41, 5.74) is 5.61. The van der Waals surface area contributed by atoms with Gasteiger partial charge in [-0.15, -0.1) is 0 Å². The van der Waals surface area contributed by atoms with Crippen LogP contribution in [0.1, 0.15) is 34.6 Å². The molecule has 0 aromatic heterocycles. The van der Waals surface area contributed by atoms with E-state index in [1.165, 1.54) is 30.3 Å². The molecule has 0 spiro atoms. The lowest BCUT2D eigenvalue weighted by Crippen LogP contribution is -2.16. The SMILES string of the molecule is CC(C)COc1cc(C(N)=O)ccc1NC(=O)c1ccc([N+](=O)[O-])c(OCCO)c1. The Hall–Kier alpha value is -3.66. The van der Waals surface area contributed by atoms with Gasteiger partial charge in [-0.1, -0.05) is 13.8 Å². The number of nitrogens with zero attached hydrogens (tertiary/aromatic N) is 1. The van der Waals surface area contributed by atoms with Crippen LogP contribution in [0, 0.1) is 16.0 Å². The highest BCUT2D eigenvalue weighted by atomic mass is 16.6. The van der Waals surface area contributed by atoms with Gasteiger partial charge in [0.2, 0.25) is 5.91 Å². The molecule has 160 valence electrons. The summed E-state index contributed by atoms with van der Waals surface area (Å²) in [4.78, 5) is 34.6. The summed E-state index contributed by atoms with van der Waals surface area (Å²) in [6.45, 7) is 3.74. The summed E-state index contributed by atoms with van der Waals surface area (Å²) in [7, 11) is 0. The molecule has 0 aliphatic heterocycles. The number of nitrogens with two attached hydrogens (primary N) is 1. The molecule has 0 atom stereocenters. The predicted octanol–water partition coefficient (Wildman–Crippen LogP) is 2.35. The van der Waals surface area contributed by atoms with Gasteiger partial charge in [0.25, 0.3) is 5.91 Å². The highest BCUT2D eigenvalue weighted by Crippen LogP contribution is 2.30. The first-order chi connectivity index (χ1) is 14.2. The Bertz CT molecular complexity index is 944. The van der Waals surface area contributed by atoms with Gasteiger partial charge in [-0.25, -0.2) is 0 Å². The summed E-state index contributed by atoms with van der Waals surface area (Å²) in [6, 6.07) is 8.02. The van der Waals surface area contributed by atoms with Crippen molar-refractivity contribution in [2.75, 3.05) is 25.1 Å². The second-order valence-electron chi connectivity index (χ2n) is 6.75. The van der Waals surface area contributed by atoms with Gasteiger partial charge in [0.05, 0.1) is 23.8 Å². The number of carbonyl (C=O) groups excluding carboxylic acids is 2. The first kappa shape index (κ1) is 22.6. The van der Waals surface area contributed by atoms with Crippen LogP contribution in [0.25, 0.3) is 0 Å². The number of rotatable bonds is 10. The van der Waals surface area contributed by atoms with E-state index in [1.54, 1.807) is 0 Å². The van der Waals surface area contributed by atoms with Gasteiger partial charge in [-0.3, -0.25) is 19.7 Å². The third kappa shape index (κ3) is 5.92. The predicted molar refractivity (Wildman–Crippen MR) is 109 cm³/mol. The monoisotopic (exact) mass is 417 g/mol. The molecule has 0 heterocycles. The molecule has 0 unspecified atom stereocenters. The maximum Gasteiger partial charge on any atom is 0.310 e. The van der Waals surface area contributed by atoms with Crippen molar-refractivity contribution in [3.05, 3.63) is 57.6 Å². The van der Waals surface area contributed by atoms with Crippen LogP contribution in [0.2, 0.25) is 0 Å². The number of aliphatic hydroxyl groups excluding tert-OH is 1. The summed E-state index contributed by atoms with van der Waals surface area (Å²) >= 11 is 0. The maximum atomic E-state index is 12.7. The molecule has 2 amide bonds. The van der Waals surface area contributed by atoms with E-state index in [0.717, 1.165) is 6.07 Å². The Morgan fingerprint density at radius 1 is 1.13 bits per heavy atom. The van der Waals surface area contributed by atoms with E-state index < -0.39 is 16.7 Å². The van der Waals surface area contributed by atoms with Gasteiger partial charge in [-0.05, 0) is 30.2 Å². The number of nitrogens with one attached hydrogen (secondary N) is 1. The molecule has 0 aliphatic carbocycles. The van der Waals surface area contributed by atoms with E-state index in [1.807, 2.05) is 13.8 Å². The van der Waals surface area contributed by atoms with E-state index in [-0.39, 0.29) is 47.4 Å². The Kier molecular flexibility index (Phi) is 7.70. The first-order valence-electron chi connectivity index (χ1n) is 9.13. The molecule has 4 N–H and O–H groups in total. The average Bonchev–Trinajstić information content (AvgIpc) is 2.70. The number of nitro groups is 1. The van der Waals surface area contributed by atoms with Crippen LogP contribution in [-0.2, 0) is 0 Å². The zero-order chi connectivity index (χ0) is 22.3. The van der Waals surface area contributed by atoms with E-state index in [4.69, 9.17) is 20.3 Å². The van der Waals surface area contributed by atoms with Crippen LogP contribution in [0.3, 0.4) is 0 Å². The number of anilines is 1. The standard InChI is InChI=1S/C20H23N3O7/c1-12(2)11-30-17-9-13(19(21)25)3-5-15(17)22-20(26)14-4-6-16(23(27)28)18(10-14)29-8-7-24/h3-6,9-10,12,24H,7-8,11H2,1-2H3,(H2,21,25)(H,22,26). The molecule has 0 saturated carbocycles. The minimum Gasteiger partial charge on any atom is -0.491 e. The number of nitro benzene ring substituents is 1. The molecule has 0 aliphatic rings. The zero-order valence-electron chi connectivity index (χ0n) is 16.6. The second-order valence-corrected chi connectivity index (χ2v) is 6.75. The molecule has 30 heavy (non-hydrogen) atoms. The molecule has 0 bridgehead atoms. The van der Waals surface area contributed by atoms with Crippen molar-refractivity contribution in [3.8, 4) is 11.5 Å². The molecule has 10 heteroatoms. The lowest BCUT2D eigenvalue weighted by Gasteiger charge is -2.15. The van der Waals surface area contributed by atoms with Gasteiger partial charge >= 0.3 is 5.69 Å². The number of amides is 2. The van der Waals surface area contributed by atoms with Crippen LogP contribution < -0.4 is 20.5 Å². The quantitative estimate of drug-likeness (QED) is 0.396. The van der Waals surface area contributed by atoms with Crippen molar-refractivity contribution in [2.45, 2.75) is 13.8 Å². The third-order valence-corrected chi connectivity index (χ3v) is 3.85.